The highest BCUT2D eigenvalue weighted by molar-refractivity contribution is 5.94. The molecule has 0 aliphatic carbocycles. The normalized spacial score (nSPS) is 15.7. The summed E-state index contributed by atoms with van der Waals surface area (Å²) in [6, 6.07) is 3.41. The van der Waals surface area contributed by atoms with Crippen molar-refractivity contribution in [2.45, 2.75) is 13.3 Å². The second-order valence-corrected chi connectivity index (χ2v) is 4.57. The molecule has 0 spiro atoms. The Balaban J connectivity index is 1.96. The van der Waals surface area contributed by atoms with E-state index >= 15 is 0 Å². The third-order valence-corrected chi connectivity index (χ3v) is 3.24. The molecule has 1 aliphatic rings. The third-order valence-electron chi connectivity index (χ3n) is 3.24. The van der Waals surface area contributed by atoms with Gasteiger partial charge in [-0.3, -0.25) is 9.78 Å². The average Bonchev–Trinajstić information content (AvgIpc) is 2.73. The van der Waals surface area contributed by atoms with Crippen molar-refractivity contribution in [3.8, 4) is 0 Å². The van der Waals surface area contributed by atoms with E-state index in [9.17, 15) is 9.59 Å². The van der Waals surface area contributed by atoms with E-state index in [1.54, 1.807) is 41.2 Å². The van der Waals surface area contributed by atoms with E-state index in [1.165, 1.54) is 0 Å². The number of pyridine rings is 1. The van der Waals surface area contributed by atoms with E-state index in [2.05, 4.69) is 4.98 Å². The molecule has 1 aromatic heterocycles. The Labute approximate surface area is 118 Å². The van der Waals surface area contributed by atoms with Gasteiger partial charge < -0.3 is 14.5 Å². The highest BCUT2D eigenvalue weighted by Crippen LogP contribution is 2.09. The van der Waals surface area contributed by atoms with Crippen LogP contribution in [0.25, 0.3) is 0 Å². The molecule has 0 unspecified atom stereocenters. The first-order valence-corrected chi connectivity index (χ1v) is 6.83. The Hall–Kier alpha value is -2.11. The van der Waals surface area contributed by atoms with Crippen LogP contribution in [0.4, 0.5) is 4.79 Å². The van der Waals surface area contributed by atoms with E-state index in [4.69, 9.17) is 4.74 Å². The molecule has 1 aliphatic heterocycles. The molecule has 0 bridgehead atoms. The van der Waals surface area contributed by atoms with Crippen molar-refractivity contribution in [3.63, 3.8) is 0 Å². The van der Waals surface area contributed by atoms with Crippen LogP contribution in [-0.2, 0) is 4.74 Å². The number of hydrogen-bond acceptors (Lipinski definition) is 4. The highest BCUT2D eigenvalue weighted by atomic mass is 16.6. The number of amides is 2. The quantitative estimate of drug-likeness (QED) is 0.819. The summed E-state index contributed by atoms with van der Waals surface area (Å²) in [4.78, 5) is 31.3. The Kier molecular flexibility index (Phi) is 4.92. The van der Waals surface area contributed by atoms with Crippen LogP contribution >= 0.6 is 0 Å². The minimum absolute atomic E-state index is 0.0156. The first-order chi connectivity index (χ1) is 9.72. The predicted octanol–water partition coefficient (Wildman–Crippen LogP) is 1.39. The van der Waals surface area contributed by atoms with Gasteiger partial charge in [0.15, 0.2) is 0 Å². The van der Waals surface area contributed by atoms with E-state index in [-0.39, 0.29) is 12.0 Å². The Bertz CT molecular complexity index is 464. The second kappa shape index (κ2) is 6.88. The molecule has 6 heteroatoms. The number of rotatable bonds is 2. The van der Waals surface area contributed by atoms with Crippen LogP contribution in [0, 0.1) is 0 Å². The summed E-state index contributed by atoms with van der Waals surface area (Å²) in [5.41, 5.74) is 0.629. The number of nitrogens with zero attached hydrogens (tertiary/aromatic N) is 3. The van der Waals surface area contributed by atoms with Gasteiger partial charge in [0.1, 0.15) is 0 Å². The van der Waals surface area contributed by atoms with Gasteiger partial charge >= 0.3 is 6.09 Å². The minimum Gasteiger partial charge on any atom is -0.450 e. The minimum atomic E-state index is -0.300. The van der Waals surface area contributed by atoms with Crippen LogP contribution < -0.4 is 0 Å². The zero-order valence-electron chi connectivity index (χ0n) is 11.6. The molecule has 0 saturated carbocycles. The van der Waals surface area contributed by atoms with Gasteiger partial charge in [-0.15, -0.1) is 0 Å². The average molecular weight is 277 g/mol. The van der Waals surface area contributed by atoms with Crippen molar-refractivity contribution < 1.29 is 14.3 Å². The molecule has 0 radical (unpaired) electrons. The van der Waals surface area contributed by atoms with Gasteiger partial charge in [0, 0.05) is 44.1 Å². The van der Waals surface area contributed by atoms with Crippen LogP contribution in [0.1, 0.15) is 23.7 Å². The summed E-state index contributed by atoms with van der Waals surface area (Å²) >= 11 is 0. The fourth-order valence-corrected chi connectivity index (χ4v) is 2.19. The second-order valence-electron chi connectivity index (χ2n) is 4.57. The first-order valence-electron chi connectivity index (χ1n) is 6.83. The van der Waals surface area contributed by atoms with Crippen molar-refractivity contribution >= 4 is 12.0 Å². The summed E-state index contributed by atoms with van der Waals surface area (Å²) in [6.45, 7) is 4.47. The van der Waals surface area contributed by atoms with Crippen LogP contribution in [0.5, 0.6) is 0 Å². The zero-order chi connectivity index (χ0) is 14.4. The van der Waals surface area contributed by atoms with E-state index < -0.39 is 0 Å². The van der Waals surface area contributed by atoms with Crippen LogP contribution in [0.15, 0.2) is 24.5 Å². The van der Waals surface area contributed by atoms with E-state index in [1.807, 2.05) is 0 Å². The fraction of sp³-hybridized carbons (Fsp3) is 0.500. The Morgan fingerprint density at radius 2 is 1.80 bits per heavy atom. The molecule has 2 heterocycles. The Morgan fingerprint density at radius 1 is 1.15 bits per heavy atom. The lowest BCUT2D eigenvalue weighted by atomic mass is 10.2. The summed E-state index contributed by atoms with van der Waals surface area (Å²) in [5.74, 6) is -0.0156. The molecular weight excluding hydrogens is 258 g/mol. The van der Waals surface area contributed by atoms with Gasteiger partial charge in [0.25, 0.3) is 5.91 Å². The SMILES string of the molecule is CCOC(=O)N1CCCN(C(=O)c2ccncc2)CC1. The van der Waals surface area contributed by atoms with Gasteiger partial charge in [-0.05, 0) is 25.5 Å². The predicted molar refractivity (Wildman–Crippen MR) is 73.4 cm³/mol. The smallest absolute Gasteiger partial charge is 0.409 e. The van der Waals surface area contributed by atoms with Crippen molar-refractivity contribution in [2.75, 3.05) is 32.8 Å². The Morgan fingerprint density at radius 3 is 2.50 bits per heavy atom. The van der Waals surface area contributed by atoms with Crippen LogP contribution in [0.2, 0.25) is 0 Å². The zero-order valence-corrected chi connectivity index (χ0v) is 11.6. The largest absolute Gasteiger partial charge is 0.450 e. The maximum atomic E-state index is 12.3. The molecule has 1 saturated heterocycles. The van der Waals surface area contributed by atoms with Gasteiger partial charge in [-0.2, -0.15) is 0 Å². The van der Waals surface area contributed by atoms with E-state index in [0.717, 1.165) is 6.42 Å². The van der Waals surface area contributed by atoms with Crippen molar-refractivity contribution in [1.29, 1.82) is 0 Å². The molecule has 0 aromatic carbocycles. The molecule has 20 heavy (non-hydrogen) atoms. The van der Waals surface area contributed by atoms with Gasteiger partial charge in [0.2, 0.25) is 0 Å². The third kappa shape index (κ3) is 3.46. The monoisotopic (exact) mass is 277 g/mol. The van der Waals surface area contributed by atoms with Crippen LogP contribution in [-0.4, -0.2) is 59.6 Å². The van der Waals surface area contributed by atoms with Crippen molar-refractivity contribution in [3.05, 3.63) is 30.1 Å². The summed E-state index contributed by atoms with van der Waals surface area (Å²) in [6.07, 6.45) is 3.67. The van der Waals surface area contributed by atoms with Crippen molar-refractivity contribution in [2.24, 2.45) is 0 Å². The fourth-order valence-electron chi connectivity index (χ4n) is 2.19. The molecule has 2 amide bonds. The summed E-state index contributed by atoms with van der Waals surface area (Å²) in [5, 5.41) is 0. The van der Waals surface area contributed by atoms with E-state index in [0.29, 0.717) is 38.3 Å². The summed E-state index contributed by atoms with van der Waals surface area (Å²) < 4.78 is 4.99. The molecule has 6 nitrogen and oxygen atoms in total. The topological polar surface area (TPSA) is 62.7 Å². The first kappa shape index (κ1) is 14.3. The molecule has 2 rings (SSSR count). The van der Waals surface area contributed by atoms with Gasteiger partial charge in [-0.1, -0.05) is 0 Å². The molecular formula is C14H19N3O3. The molecule has 108 valence electrons. The molecule has 1 aromatic rings. The molecule has 1 fully saturated rings. The van der Waals surface area contributed by atoms with Gasteiger partial charge in [-0.25, -0.2) is 4.79 Å². The lowest BCUT2D eigenvalue weighted by molar-refractivity contribution is 0.0753. The van der Waals surface area contributed by atoms with Gasteiger partial charge in [0.05, 0.1) is 6.61 Å². The number of aromatic nitrogens is 1. The highest BCUT2D eigenvalue weighted by Gasteiger charge is 2.23. The number of ether oxygens (including phenoxy) is 1. The summed E-state index contributed by atoms with van der Waals surface area (Å²) in [7, 11) is 0. The maximum Gasteiger partial charge on any atom is 0.409 e. The standard InChI is InChI=1S/C14H19N3O3/c1-2-20-14(19)17-9-3-8-16(10-11-17)13(18)12-4-6-15-7-5-12/h4-7H,2-3,8-11H2,1H3. The number of carbonyl (C=O) groups excluding carboxylic acids is 2. The van der Waals surface area contributed by atoms with Crippen molar-refractivity contribution in [1.82, 2.24) is 14.8 Å². The lowest BCUT2D eigenvalue weighted by Gasteiger charge is -2.21. The number of carbonyl (C=O) groups is 2. The molecule has 0 atom stereocenters. The lowest BCUT2D eigenvalue weighted by Crippen LogP contribution is -2.37. The number of hydrogen-bond donors (Lipinski definition) is 0. The molecule has 0 N–H and O–H groups in total. The maximum absolute atomic E-state index is 12.3. The van der Waals surface area contributed by atoms with Crippen LogP contribution in [0.3, 0.4) is 0 Å².